The van der Waals surface area contributed by atoms with Gasteiger partial charge in [-0.2, -0.15) is 0 Å². The van der Waals surface area contributed by atoms with E-state index in [-0.39, 0.29) is 5.92 Å². The second-order valence-electron chi connectivity index (χ2n) is 4.98. The number of aliphatic hydroxyl groups excluding tert-OH is 1. The van der Waals surface area contributed by atoms with Gasteiger partial charge < -0.3 is 9.84 Å². The molecule has 1 aliphatic heterocycles. The minimum Gasteiger partial charge on any atom is -0.493 e. The van der Waals surface area contributed by atoms with Gasteiger partial charge >= 0.3 is 0 Å². The molecule has 2 heterocycles. The molecule has 3 rings (SSSR count). The zero-order valence-electron chi connectivity index (χ0n) is 10.7. The number of hydrogen-bond acceptors (Lipinski definition) is 3. The van der Waals surface area contributed by atoms with Gasteiger partial charge in [-0.1, -0.05) is 24.3 Å². The summed E-state index contributed by atoms with van der Waals surface area (Å²) in [5, 5.41) is 10.3. The van der Waals surface area contributed by atoms with Crippen LogP contribution in [-0.4, -0.2) is 22.8 Å². The number of pyridine rings is 1. The molecular weight excluding hydrogens is 238 g/mol. The lowest BCUT2D eigenvalue weighted by Crippen LogP contribution is -2.33. The summed E-state index contributed by atoms with van der Waals surface area (Å²) >= 11 is 0. The van der Waals surface area contributed by atoms with Crippen molar-refractivity contribution in [2.45, 2.75) is 18.9 Å². The SMILES string of the molecule is OC(Cc1ccccn1)C1COc2ccccc2C1. The van der Waals surface area contributed by atoms with Crippen LogP contribution < -0.4 is 4.74 Å². The maximum absolute atomic E-state index is 10.3. The lowest BCUT2D eigenvalue weighted by atomic mass is 9.90. The molecule has 1 aromatic carbocycles. The third kappa shape index (κ3) is 2.76. The number of ether oxygens (including phenoxy) is 1. The van der Waals surface area contributed by atoms with Crippen molar-refractivity contribution in [3.63, 3.8) is 0 Å². The lowest BCUT2D eigenvalue weighted by molar-refractivity contribution is 0.0646. The maximum atomic E-state index is 10.3. The number of para-hydroxylation sites is 1. The zero-order valence-corrected chi connectivity index (χ0v) is 10.7. The number of benzene rings is 1. The fraction of sp³-hybridized carbons (Fsp3) is 0.312. The molecule has 0 radical (unpaired) electrons. The van der Waals surface area contributed by atoms with E-state index < -0.39 is 6.10 Å². The van der Waals surface area contributed by atoms with Crippen LogP contribution in [-0.2, 0) is 12.8 Å². The molecule has 3 heteroatoms. The third-order valence-corrected chi connectivity index (χ3v) is 3.60. The molecular formula is C16H17NO2. The van der Waals surface area contributed by atoms with Crippen LogP contribution in [0.2, 0.25) is 0 Å². The van der Waals surface area contributed by atoms with Gasteiger partial charge in [-0.3, -0.25) is 4.98 Å². The summed E-state index contributed by atoms with van der Waals surface area (Å²) < 4.78 is 5.71. The summed E-state index contributed by atoms with van der Waals surface area (Å²) in [6.45, 7) is 0.574. The Bertz CT molecular complexity index is 541. The fourth-order valence-electron chi connectivity index (χ4n) is 2.50. The maximum Gasteiger partial charge on any atom is 0.122 e. The number of hydrogen-bond donors (Lipinski definition) is 1. The number of fused-ring (bicyclic) bond motifs is 1. The van der Waals surface area contributed by atoms with E-state index >= 15 is 0 Å². The molecule has 0 amide bonds. The number of nitrogens with zero attached hydrogens (tertiary/aromatic N) is 1. The van der Waals surface area contributed by atoms with Gasteiger partial charge in [0.1, 0.15) is 5.75 Å². The molecule has 0 saturated heterocycles. The lowest BCUT2D eigenvalue weighted by Gasteiger charge is -2.28. The highest BCUT2D eigenvalue weighted by Crippen LogP contribution is 2.28. The smallest absolute Gasteiger partial charge is 0.122 e. The van der Waals surface area contributed by atoms with Crippen molar-refractivity contribution in [1.82, 2.24) is 4.98 Å². The van der Waals surface area contributed by atoms with Gasteiger partial charge in [0, 0.05) is 24.2 Å². The molecule has 1 N–H and O–H groups in total. The van der Waals surface area contributed by atoms with Gasteiger partial charge in [-0.05, 0) is 30.2 Å². The number of aliphatic hydroxyl groups is 1. The normalized spacial score (nSPS) is 19.3. The Balaban J connectivity index is 1.68. The standard InChI is InChI=1S/C16H17NO2/c18-15(10-14-6-3-4-8-17-14)13-9-12-5-1-2-7-16(12)19-11-13/h1-8,13,15,18H,9-11H2. The van der Waals surface area contributed by atoms with Gasteiger partial charge in [0.15, 0.2) is 0 Å². The molecule has 0 bridgehead atoms. The van der Waals surface area contributed by atoms with Crippen LogP contribution in [0.15, 0.2) is 48.7 Å². The quantitative estimate of drug-likeness (QED) is 0.914. The first-order valence-electron chi connectivity index (χ1n) is 6.61. The molecule has 0 aliphatic carbocycles. The summed E-state index contributed by atoms with van der Waals surface area (Å²) in [6.07, 6.45) is 2.79. The van der Waals surface area contributed by atoms with E-state index in [4.69, 9.17) is 4.74 Å². The Hall–Kier alpha value is -1.87. The fourth-order valence-corrected chi connectivity index (χ4v) is 2.50. The Labute approximate surface area is 112 Å². The van der Waals surface area contributed by atoms with Gasteiger partial charge in [0.25, 0.3) is 0 Å². The average molecular weight is 255 g/mol. The molecule has 19 heavy (non-hydrogen) atoms. The highest BCUT2D eigenvalue weighted by Gasteiger charge is 2.26. The monoisotopic (exact) mass is 255 g/mol. The van der Waals surface area contributed by atoms with E-state index in [0.29, 0.717) is 13.0 Å². The molecule has 0 spiro atoms. The first kappa shape index (κ1) is 12.2. The molecule has 2 atom stereocenters. The predicted octanol–water partition coefficient (Wildman–Crippen LogP) is 2.24. The van der Waals surface area contributed by atoms with Crippen molar-refractivity contribution in [3.05, 3.63) is 59.9 Å². The van der Waals surface area contributed by atoms with Gasteiger partial charge in [0.2, 0.25) is 0 Å². The highest BCUT2D eigenvalue weighted by molar-refractivity contribution is 5.35. The molecule has 1 aromatic heterocycles. The zero-order chi connectivity index (χ0) is 13.1. The molecule has 98 valence electrons. The van der Waals surface area contributed by atoms with Crippen LogP contribution >= 0.6 is 0 Å². The second-order valence-corrected chi connectivity index (χ2v) is 4.98. The van der Waals surface area contributed by atoms with E-state index in [0.717, 1.165) is 17.9 Å². The van der Waals surface area contributed by atoms with Crippen LogP contribution in [0.1, 0.15) is 11.3 Å². The average Bonchev–Trinajstić information content (AvgIpc) is 2.48. The van der Waals surface area contributed by atoms with Gasteiger partial charge in [-0.15, -0.1) is 0 Å². The van der Waals surface area contributed by atoms with Crippen LogP contribution in [0.5, 0.6) is 5.75 Å². The van der Waals surface area contributed by atoms with E-state index in [1.807, 2.05) is 36.4 Å². The first-order valence-corrected chi connectivity index (χ1v) is 6.61. The van der Waals surface area contributed by atoms with E-state index in [1.165, 1.54) is 5.56 Å². The third-order valence-electron chi connectivity index (χ3n) is 3.60. The summed E-state index contributed by atoms with van der Waals surface area (Å²) in [5.74, 6) is 1.08. The van der Waals surface area contributed by atoms with Crippen molar-refractivity contribution in [2.75, 3.05) is 6.61 Å². The van der Waals surface area contributed by atoms with Gasteiger partial charge in [-0.25, -0.2) is 0 Å². The number of aromatic nitrogens is 1. The topological polar surface area (TPSA) is 42.4 Å². The largest absolute Gasteiger partial charge is 0.493 e. The van der Waals surface area contributed by atoms with Crippen molar-refractivity contribution in [1.29, 1.82) is 0 Å². The molecule has 1 aliphatic rings. The Morgan fingerprint density at radius 1 is 1.21 bits per heavy atom. The molecule has 0 saturated carbocycles. The van der Waals surface area contributed by atoms with E-state index in [1.54, 1.807) is 6.20 Å². The molecule has 3 nitrogen and oxygen atoms in total. The van der Waals surface area contributed by atoms with E-state index in [9.17, 15) is 5.11 Å². The van der Waals surface area contributed by atoms with Crippen molar-refractivity contribution in [2.24, 2.45) is 5.92 Å². The summed E-state index contributed by atoms with van der Waals surface area (Å²) in [5.41, 5.74) is 2.10. The molecule has 2 aromatic rings. The minimum absolute atomic E-state index is 0.136. The highest BCUT2D eigenvalue weighted by atomic mass is 16.5. The Morgan fingerprint density at radius 3 is 2.89 bits per heavy atom. The van der Waals surface area contributed by atoms with Crippen LogP contribution in [0.4, 0.5) is 0 Å². The van der Waals surface area contributed by atoms with Crippen molar-refractivity contribution in [3.8, 4) is 5.75 Å². The predicted molar refractivity (Wildman–Crippen MR) is 73.1 cm³/mol. The minimum atomic E-state index is -0.414. The number of rotatable bonds is 3. The summed E-state index contributed by atoms with van der Waals surface area (Å²) in [7, 11) is 0. The van der Waals surface area contributed by atoms with E-state index in [2.05, 4.69) is 11.1 Å². The molecule has 2 unspecified atom stereocenters. The van der Waals surface area contributed by atoms with Crippen LogP contribution in [0.3, 0.4) is 0 Å². The molecule has 0 fully saturated rings. The first-order chi connectivity index (χ1) is 9.33. The van der Waals surface area contributed by atoms with Crippen LogP contribution in [0, 0.1) is 5.92 Å². The second kappa shape index (κ2) is 5.41. The Morgan fingerprint density at radius 2 is 2.05 bits per heavy atom. The Kier molecular flexibility index (Phi) is 3.47. The van der Waals surface area contributed by atoms with Gasteiger partial charge in [0.05, 0.1) is 12.7 Å². The van der Waals surface area contributed by atoms with Crippen LogP contribution in [0.25, 0.3) is 0 Å². The van der Waals surface area contributed by atoms with Crippen molar-refractivity contribution >= 4 is 0 Å². The van der Waals surface area contributed by atoms with Crippen molar-refractivity contribution < 1.29 is 9.84 Å². The summed E-state index contributed by atoms with van der Waals surface area (Å²) in [4.78, 5) is 4.26. The summed E-state index contributed by atoms with van der Waals surface area (Å²) in [6, 6.07) is 13.8.